The number of esters is 2. The fraction of sp³-hybridized carbons (Fsp3) is 0.294. The van der Waals surface area contributed by atoms with Crippen molar-refractivity contribution < 1.29 is 81.7 Å². The van der Waals surface area contributed by atoms with E-state index in [2.05, 4.69) is 22.8 Å². The number of benzene rings is 3. The Labute approximate surface area is 320 Å². The van der Waals surface area contributed by atoms with Crippen molar-refractivity contribution in [2.45, 2.75) is 51.6 Å². The van der Waals surface area contributed by atoms with Crippen LogP contribution in [0.15, 0.2) is 55.6 Å². The van der Waals surface area contributed by atoms with Gasteiger partial charge < -0.3 is 29.4 Å². The summed E-state index contributed by atoms with van der Waals surface area (Å²) >= 11 is 0. The summed E-state index contributed by atoms with van der Waals surface area (Å²) in [6.45, 7) is 10.3. The van der Waals surface area contributed by atoms with Crippen LogP contribution in [0.4, 0.5) is 43.9 Å². The molecule has 312 valence electrons. The van der Waals surface area contributed by atoms with Gasteiger partial charge in [-0.05, 0) is 51.7 Å². The number of unbranched alkanes of at least 4 members (excludes halogenated alkanes) is 2. The zero-order valence-electron chi connectivity index (χ0n) is 29.4. The van der Waals surface area contributed by atoms with Gasteiger partial charge in [-0.2, -0.15) is 22.6 Å². The number of para-hydroxylation sites is 1. The lowest BCUT2D eigenvalue weighted by molar-refractivity contribution is -0.146. The first-order valence-electron chi connectivity index (χ1n) is 15.6. The summed E-state index contributed by atoms with van der Waals surface area (Å²) in [7, 11) is -4.93. The summed E-state index contributed by atoms with van der Waals surface area (Å²) in [5.74, 6) is -27.9. The van der Waals surface area contributed by atoms with Crippen molar-refractivity contribution in [3.05, 3.63) is 114 Å². The predicted octanol–water partition coefficient (Wildman–Crippen LogP) is 8.79. The number of nitrogens with two attached hydrogens (primary N) is 1. The van der Waals surface area contributed by atoms with Gasteiger partial charge in [-0.25, -0.2) is 30.9 Å². The van der Waals surface area contributed by atoms with Crippen molar-refractivity contribution in [1.82, 2.24) is 5.09 Å². The second-order valence-electron chi connectivity index (χ2n) is 10.6. The normalized spacial score (nSPS) is 12.4. The molecule has 3 atom stereocenters. The summed E-state index contributed by atoms with van der Waals surface area (Å²) in [6.07, 6.45) is 6.11. The Kier molecular flexibility index (Phi) is 22.6. The number of ether oxygens (including phenoxy) is 2. The highest BCUT2D eigenvalue weighted by Gasteiger charge is 2.38. The maximum atomic E-state index is 14.1. The summed E-state index contributed by atoms with van der Waals surface area (Å²) in [6, 6.07) is 5.13. The van der Waals surface area contributed by atoms with Gasteiger partial charge in [-0.3, -0.25) is 9.59 Å². The van der Waals surface area contributed by atoms with Crippen LogP contribution >= 0.6 is 20.2 Å². The molecule has 3 rings (SSSR count). The van der Waals surface area contributed by atoms with Crippen molar-refractivity contribution in [1.29, 1.82) is 0 Å². The number of carbonyl (C=O) groups excluding carboxylic acids is 2. The fourth-order valence-electron chi connectivity index (χ4n) is 3.42. The highest BCUT2D eigenvalue weighted by Crippen LogP contribution is 2.47. The van der Waals surface area contributed by atoms with Gasteiger partial charge in [-0.1, -0.05) is 30.4 Å². The monoisotopic (exact) mass is 856 g/mol. The van der Waals surface area contributed by atoms with Crippen LogP contribution in [0, 0.1) is 58.2 Å². The standard InChI is InChI=1S/C20H19F5NO5P.C8H15NO2.C6HF5O.ClH/c1-3-4-8-11-29-20(27)12(2)26-32(28,30-13-9-6-5-7-10-13)31-19-17(24)15(22)14(21)16(23)18(19)25;1-3-4-5-6-11-8(10)7(2)9;7-1-2(8)4(10)6(12)5(11)3(1)9;/h3,5-7,9-10,12H,1,4,8,11H2,2H3,(H,26,28);3,7H,1,4-6,9H2,2H3;12H;1H/t12-,32-;7-;;/m00../s1. The van der Waals surface area contributed by atoms with Gasteiger partial charge in [-0.15, -0.1) is 25.6 Å². The van der Waals surface area contributed by atoms with E-state index >= 15 is 0 Å². The molecule has 56 heavy (non-hydrogen) atoms. The molecule has 0 aliphatic heterocycles. The van der Waals surface area contributed by atoms with E-state index in [-0.39, 0.29) is 30.7 Å². The van der Waals surface area contributed by atoms with E-state index in [9.17, 15) is 58.1 Å². The van der Waals surface area contributed by atoms with E-state index in [0.29, 0.717) is 19.4 Å². The topological polar surface area (TPSA) is 146 Å². The van der Waals surface area contributed by atoms with Gasteiger partial charge in [0, 0.05) is 0 Å². The van der Waals surface area contributed by atoms with Gasteiger partial charge in [0.1, 0.15) is 17.8 Å². The molecule has 10 nitrogen and oxygen atoms in total. The third-order valence-corrected chi connectivity index (χ3v) is 7.78. The number of hydrogen-bond acceptors (Lipinski definition) is 9. The minimum absolute atomic E-state index is 0. The second-order valence-corrected chi connectivity index (χ2v) is 12.3. The Morgan fingerprint density at radius 1 is 0.714 bits per heavy atom. The number of nitrogens with one attached hydrogen (secondary N) is 1. The van der Waals surface area contributed by atoms with Gasteiger partial charge >= 0.3 is 19.7 Å². The molecule has 4 N–H and O–H groups in total. The van der Waals surface area contributed by atoms with Gasteiger partial charge in [0.25, 0.3) is 0 Å². The molecule has 0 aromatic heterocycles. The maximum Gasteiger partial charge on any atom is 0.513 e. The van der Waals surface area contributed by atoms with Crippen LogP contribution in [0.5, 0.6) is 17.2 Å². The van der Waals surface area contributed by atoms with Crippen molar-refractivity contribution in [2.24, 2.45) is 5.73 Å². The number of carbonyl (C=O) groups is 2. The molecule has 0 radical (unpaired) electrons. The van der Waals surface area contributed by atoms with Gasteiger partial charge in [0.05, 0.1) is 13.2 Å². The molecule has 3 aromatic carbocycles. The number of aromatic hydroxyl groups is 1. The smallest absolute Gasteiger partial charge is 0.503 e. The van der Waals surface area contributed by atoms with Crippen LogP contribution in [0.1, 0.15) is 39.5 Å². The lowest BCUT2D eigenvalue weighted by atomic mass is 10.3. The van der Waals surface area contributed by atoms with E-state index in [0.717, 1.165) is 12.8 Å². The molecule has 0 unspecified atom stereocenters. The molecular formula is C34H36ClF10N2O8P. The summed E-state index contributed by atoms with van der Waals surface area (Å²) in [5.41, 5.74) is 5.26. The fourth-order valence-corrected chi connectivity index (χ4v) is 4.94. The van der Waals surface area contributed by atoms with Crippen molar-refractivity contribution in [3.63, 3.8) is 0 Å². The number of hydrogen-bond donors (Lipinski definition) is 3. The van der Waals surface area contributed by atoms with Crippen LogP contribution in [-0.4, -0.2) is 42.3 Å². The molecule has 0 fully saturated rings. The van der Waals surface area contributed by atoms with Crippen LogP contribution in [0.3, 0.4) is 0 Å². The molecule has 0 saturated heterocycles. The van der Waals surface area contributed by atoms with Crippen LogP contribution in [-0.2, 0) is 23.6 Å². The highest BCUT2D eigenvalue weighted by molar-refractivity contribution is 7.52. The Bertz CT molecular complexity index is 1710. The van der Waals surface area contributed by atoms with Crippen molar-refractivity contribution >= 4 is 32.1 Å². The highest BCUT2D eigenvalue weighted by atomic mass is 35.5. The van der Waals surface area contributed by atoms with Crippen LogP contribution in [0.25, 0.3) is 0 Å². The van der Waals surface area contributed by atoms with Gasteiger partial charge in [0.2, 0.25) is 63.9 Å². The van der Waals surface area contributed by atoms with Crippen molar-refractivity contribution in [2.75, 3.05) is 13.2 Å². The molecule has 22 heteroatoms. The van der Waals surface area contributed by atoms with Crippen molar-refractivity contribution in [3.8, 4) is 17.2 Å². The lowest BCUT2D eigenvalue weighted by Gasteiger charge is -2.23. The maximum absolute atomic E-state index is 14.1. The quantitative estimate of drug-likeness (QED) is 0.0243. The number of allylic oxidation sites excluding steroid dienone is 2. The molecular weight excluding hydrogens is 821 g/mol. The Morgan fingerprint density at radius 3 is 1.52 bits per heavy atom. The summed E-state index contributed by atoms with van der Waals surface area (Å²) < 4.78 is 162. The van der Waals surface area contributed by atoms with Crippen LogP contribution < -0.4 is 19.9 Å². The minimum Gasteiger partial charge on any atom is -0.503 e. The third-order valence-electron chi connectivity index (χ3n) is 6.21. The number of rotatable bonds is 16. The Morgan fingerprint density at radius 2 is 1.11 bits per heavy atom. The first kappa shape index (κ1) is 51.2. The average molecular weight is 857 g/mol. The minimum atomic E-state index is -4.93. The molecule has 0 amide bonds. The van der Waals surface area contributed by atoms with Gasteiger partial charge in [0.15, 0.2) is 5.75 Å². The molecule has 0 aliphatic rings. The van der Waals surface area contributed by atoms with E-state index in [1.165, 1.54) is 31.2 Å². The summed E-state index contributed by atoms with van der Waals surface area (Å²) in [4.78, 5) is 22.8. The number of halogens is 11. The second kappa shape index (κ2) is 24.7. The average Bonchev–Trinajstić information content (AvgIpc) is 3.16. The molecule has 0 aliphatic carbocycles. The summed E-state index contributed by atoms with van der Waals surface area (Å²) in [5, 5.41) is 10.4. The zero-order chi connectivity index (χ0) is 42.0. The van der Waals surface area contributed by atoms with E-state index < -0.39 is 95.5 Å². The zero-order valence-corrected chi connectivity index (χ0v) is 31.1. The van der Waals surface area contributed by atoms with Crippen LogP contribution in [0.2, 0.25) is 0 Å². The SMILES string of the molecule is C=CCCCOC(=O)[C@H](C)N.C=CCCCOC(=O)[C@H](C)N[P@](=O)(Oc1ccccc1)Oc1c(F)c(F)c(F)c(F)c1F.Cl.Oc1c(F)c(F)c(F)c(F)c1F. The molecule has 0 saturated carbocycles. The van der Waals surface area contributed by atoms with E-state index in [1.54, 1.807) is 25.1 Å². The molecule has 0 bridgehead atoms. The van der Waals surface area contributed by atoms with E-state index in [4.69, 9.17) is 24.8 Å². The largest absolute Gasteiger partial charge is 0.513 e. The number of phenolic OH excluding ortho intramolecular Hbond substituents is 1. The first-order chi connectivity index (χ1) is 25.7. The predicted molar refractivity (Wildman–Crippen MR) is 184 cm³/mol. The van der Waals surface area contributed by atoms with E-state index in [1.807, 2.05) is 0 Å². The first-order valence-corrected chi connectivity index (χ1v) is 17.1. The Hall–Kier alpha value is -4.78. The third kappa shape index (κ3) is 15.4. The number of phenols is 1. The molecule has 0 spiro atoms. The lowest BCUT2D eigenvalue weighted by Crippen LogP contribution is -2.36. The Balaban J connectivity index is 0.00000103. The molecule has 3 aromatic rings. The molecule has 0 heterocycles.